The number of esters is 1. The molecule has 1 N–H and O–H groups in total. The molecule has 1 heterocycles. The topological polar surface area (TPSA) is 69.0 Å². The van der Waals surface area contributed by atoms with E-state index in [0.29, 0.717) is 19.5 Å². The average molecular weight is 226 g/mol. The largest absolute Gasteiger partial charge is 0.469 e. The first kappa shape index (κ1) is 12.6. The Morgan fingerprint density at radius 3 is 3.12 bits per heavy atom. The Kier molecular flexibility index (Phi) is 5.49. The van der Waals surface area contributed by atoms with Gasteiger partial charge in [-0.3, -0.25) is 4.79 Å². The third kappa shape index (κ3) is 3.98. The van der Waals surface area contributed by atoms with Gasteiger partial charge in [0.05, 0.1) is 20.1 Å². The fourth-order valence-corrected chi connectivity index (χ4v) is 1.32. The van der Waals surface area contributed by atoms with Gasteiger partial charge in [-0.05, 0) is 6.42 Å². The molecule has 0 spiro atoms. The molecule has 0 aliphatic carbocycles. The van der Waals surface area contributed by atoms with Gasteiger partial charge in [0.25, 0.3) is 0 Å². The van der Waals surface area contributed by atoms with Crippen molar-refractivity contribution in [1.82, 2.24) is 20.1 Å². The molecule has 0 saturated heterocycles. The highest BCUT2D eigenvalue weighted by molar-refractivity contribution is 5.69. The molecule has 0 amide bonds. The summed E-state index contributed by atoms with van der Waals surface area (Å²) in [5.41, 5.74) is 0. The molecule has 0 aliphatic rings. The van der Waals surface area contributed by atoms with Crippen LogP contribution in [-0.2, 0) is 22.6 Å². The van der Waals surface area contributed by atoms with Crippen molar-refractivity contribution in [3.63, 3.8) is 0 Å². The second-order valence-corrected chi connectivity index (χ2v) is 3.40. The molecular formula is C10H18N4O2. The summed E-state index contributed by atoms with van der Waals surface area (Å²) in [5, 5.41) is 7.24. The first-order valence-corrected chi connectivity index (χ1v) is 5.42. The normalized spacial score (nSPS) is 10.4. The third-order valence-electron chi connectivity index (χ3n) is 2.15. The van der Waals surface area contributed by atoms with Crippen LogP contribution >= 0.6 is 0 Å². The minimum atomic E-state index is -0.206. The van der Waals surface area contributed by atoms with Crippen molar-refractivity contribution in [2.75, 3.05) is 13.7 Å². The Balaban J connectivity index is 2.26. The molecule has 0 aromatic carbocycles. The van der Waals surface area contributed by atoms with E-state index in [9.17, 15) is 4.79 Å². The summed E-state index contributed by atoms with van der Waals surface area (Å²) in [5.74, 6) is 0.689. The van der Waals surface area contributed by atoms with Crippen LogP contribution in [0.3, 0.4) is 0 Å². The van der Waals surface area contributed by atoms with E-state index in [1.165, 1.54) is 7.11 Å². The molecule has 0 aliphatic heterocycles. The van der Waals surface area contributed by atoms with Crippen molar-refractivity contribution in [3.8, 4) is 0 Å². The molecule has 0 atom stereocenters. The Bertz CT molecular complexity index is 324. The fraction of sp³-hybridized carbons (Fsp3) is 0.700. The number of aromatic nitrogens is 3. The van der Waals surface area contributed by atoms with Crippen molar-refractivity contribution < 1.29 is 9.53 Å². The number of nitrogens with zero attached hydrogens (tertiary/aromatic N) is 3. The number of aryl methyl sites for hydroxylation is 1. The summed E-state index contributed by atoms with van der Waals surface area (Å²) in [6.07, 6.45) is 2.95. The van der Waals surface area contributed by atoms with E-state index in [2.05, 4.69) is 27.1 Å². The van der Waals surface area contributed by atoms with Gasteiger partial charge in [0.1, 0.15) is 12.2 Å². The SMILES string of the molecule is CCCn1ncnc1CNCCC(=O)OC. The van der Waals surface area contributed by atoms with Crippen LogP contribution in [-0.4, -0.2) is 34.4 Å². The van der Waals surface area contributed by atoms with Gasteiger partial charge in [-0.25, -0.2) is 9.67 Å². The van der Waals surface area contributed by atoms with Crippen molar-refractivity contribution in [1.29, 1.82) is 0 Å². The third-order valence-corrected chi connectivity index (χ3v) is 2.15. The summed E-state index contributed by atoms with van der Waals surface area (Å²) in [4.78, 5) is 15.0. The van der Waals surface area contributed by atoms with Gasteiger partial charge in [-0.1, -0.05) is 6.92 Å². The average Bonchev–Trinajstić information content (AvgIpc) is 2.72. The second-order valence-electron chi connectivity index (χ2n) is 3.40. The molecule has 6 heteroatoms. The number of carbonyl (C=O) groups excluding carboxylic acids is 1. The maximum atomic E-state index is 10.8. The van der Waals surface area contributed by atoms with Gasteiger partial charge >= 0.3 is 5.97 Å². The summed E-state index contributed by atoms with van der Waals surface area (Å²) in [6.45, 7) is 4.17. The maximum Gasteiger partial charge on any atom is 0.306 e. The number of methoxy groups -OCH3 is 1. The van der Waals surface area contributed by atoms with Gasteiger partial charge in [0, 0.05) is 13.1 Å². The zero-order chi connectivity index (χ0) is 11.8. The van der Waals surface area contributed by atoms with Crippen molar-refractivity contribution in [3.05, 3.63) is 12.2 Å². The quantitative estimate of drug-likeness (QED) is 0.536. The summed E-state index contributed by atoms with van der Waals surface area (Å²) in [6, 6.07) is 0. The first-order valence-electron chi connectivity index (χ1n) is 5.42. The summed E-state index contributed by atoms with van der Waals surface area (Å²) >= 11 is 0. The van der Waals surface area contributed by atoms with E-state index >= 15 is 0 Å². The molecule has 1 aromatic rings. The lowest BCUT2D eigenvalue weighted by Crippen LogP contribution is -2.21. The Morgan fingerprint density at radius 2 is 2.44 bits per heavy atom. The van der Waals surface area contributed by atoms with E-state index < -0.39 is 0 Å². The van der Waals surface area contributed by atoms with E-state index in [0.717, 1.165) is 18.8 Å². The lowest BCUT2D eigenvalue weighted by atomic mass is 10.4. The molecule has 0 bridgehead atoms. The van der Waals surface area contributed by atoms with Gasteiger partial charge < -0.3 is 10.1 Å². The van der Waals surface area contributed by atoms with Gasteiger partial charge in [-0.2, -0.15) is 5.10 Å². The van der Waals surface area contributed by atoms with Gasteiger partial charge in [-0.15, -0.1) is 0 Å². The van der Waals surface area contributed by atoms with Gasteiger partial charge in [0.15, 0.2) is 0 Å². The van der Waals surface area contributed by atoms with Crippen molar-refractivity contribution >= 4 is 5.97 Å². The molecular weight excluding hydrogens is 208 g/mol. The fourth-order valence-electron chi connectivity index (χ4n) is 1.32. The smallest absolute Gasteiger partial charge is 0.306 e. The van der Waals surface area contributed by atoms with Crippen LogP contribution in [0.5, 0.6) is 0 Å². The van der Waals surface area contributed by atoms with Crippen LogP contribution in [0.15, 0.2) is 6.33 Å². The van der Waals surface area contributed by atoms with Crippen LogP contribution in [0.2, 0.25) is 0 Å². The lowest BCUT2D eigenvalue weighted by molar-refractivity contribution is -0.140. The van der Waals surface area contributed by atoms with Crippen LogP contribution in [0.4, 0.5) is 0 Å². The van der Waals surface area contributed by atoms with E-state index in [4.69, 9.17) is 0 Å². The highest BCUT2D eigenvalue weighted by Gasteiger charge is 2.03. The van der Waals surface area contributed by atoms with Crippen LogP contribution in [0.25, 0.3) is 0 Å². The molecule has 6 nitrogen and oxygen atoms in total. The molecule has 0 fully saturated rings. The number of hydrogen-bond donors (Lipinski definition) is 1. The molecule has 16 heavy (non-hydrogen) atoms. The molecule has 1 aromatic heterocycles. The Morgan fingerprint density at radius 1 is 1.62 bits per heavy atom. The molecule has 0 unspecified atom stereocenters. The monoisotopic (exact) mass is 226 g/mol. The Hall–Kier alpha value is -1.43. The number of carbonyl (C=O) groups is 1. The minimum Gasteiger partial charge on any atom is -0.469 e. The molecule has 0 saturated carbocycles. The maximum absolute atomic E-state index is 10.8. The highest BCUT2D eigenvalue weighted by Crippen LogP contribution is 1.95. The van der Waals surface area contributed by atoms with E-state index in [-0.39, 0.29) is 5.97 Å². The summed E-state index contributed by atoms with van der Waals surface area (Å²) < 4.78 is 6.40. The zero-order valence-corrected chi connectivity index (χ0v) is 9.77. The van der Waals surface area contributed by atoms with E-state index in [1.54, 1.807) is 6.33 Å². The molecule has 0 radical (unpaired) electrons. The Labute approximate surface area is 95.0 Å². The zero-order valence-electron chi connectivity index (χ0n) is 9.77. The summed E-state index contributed by atoms with van der Waals surface area (Å²) in [7, 11) is 1.39. The second kappa shape index (κ2) is 6.95. The minimum absolute atomic E-state index is 0.206. The number of hydrogen-bond acceptors (Lipinski definition) is 5. The number of ether oxygens (including phenoxy) is 1. The van der Waals surface area contributed by atoms with Crippen LogP contribution in [0, 0.1) is 0 Å². The van der Waals surface area contributed by atoms with Crippen molar-refractivity contribution in [2.45, 2.75) is 32.9 Å². The van der Waals surface area contributed by atoms with Crippen molar-refractivity contribution in [2.24, 2.45) is 0 Å². The van der Waals surface area contributed by atoms with Crippen LogP contribution < -0.4 is 5.32 Å². The number of nitrogens with one attached hydrogen (secondary N) is 1. The molecule has 1 rings (SSSR count). The lowest BCUT2D eigenvalue weighted by Gasteiger charge is -2.05. The predicted octanol–water partition coefficient (Wildman–Crippen LogP) is 0.341. The number of rotatable bonds is 7. The molecule has 90 valence electrons. The standard InChI is InChI=1S/C10H18N4O2/c1-3-6-14-9(12-8-13-14)7-11-5-4-10(15)16-2/h8,11H,3-7H2,1-2H3. The van der Waals surface area contributed by atoms with Gasteiger partial charge in [0.2, 0.25) is 0 Å². The highest BCUT2D eigenvalue weighted by atomic mass is 16.5. The first-order chi connectivity index (χ1) is 7.77. The van der Waals surface area contributed by atoms with E-state index in [1.807, 2.05) is 4.68 Å². The van der Waals surface area contributed by atoms with Crippen LogP contribution in [0.1, 0.15) is 25.6 Å². The predicted molar refractivity (Wildman–Crippen MR) is 58.7 cm³/mol.